The predicted octanol–water partition coefficient (Wildman–Crippen LogP) is 3.40. The van der Waals surface area contributed by atoms with Gasteiger partial charge in [0.05, 0.1) is 6.20 Å². The molecule has 0 aliphatic heterocycles. The van der Waals surface area contributed by atoms with Gasteiger partial charge in [0, 0.05) is 19.8 Å². The fourth-order valence-corrected chi connectivity index (χ4v) is 4.77. The number of nitrogens with zero attached hydrogens (tertiary/aromatic N) is 2. The number of hydrogen-bond acceptors (Lipinski definition) is 2. The lowest BCUT2D eigenvalue weighted by Crippen LogP contribution is -2.40. The monoisotopic (exact) mass is 289 g/mol. The molecule has 3 rings (SSSR count). The highest BCUT2D eigenvalue weighted by Crippen LogP contribution is 2.57. The zero-order valence-corrected chi connectivity index (χ0v) is 13.9. The first-order valence-electron chi connectivity index (χ1n) is 8.76. The van der Waals surface area contributed by atoms with Gasteiger partial charge in [-0.05, 0) is 67.4 Å². The van der Waals surface area contributed by atoms with Crippen molar-refractivity contribution in [3.63, 3.8) is 0 Å². The topological polar surface area (TPSA) is 29.9 Å². The Morgan fingerprint density at radius 3 is 2.86 bits per heavy atom. The van der Waals surface area contributed by atoms with Crippen molar-refractivity contribution >= 4 is 0 Å². The summed E-state index contributed by atoms with van der Waals surface area (Å²) in [6.07, 6.45) is 12.7. The lowest BCUT2D eigenvalue weighted by molar-refractivity contribution is 0.142. The van der Waals surface area contributed by atoms with Crippen molar-refractivity contribution in [3.05, 3.63) is 18.0 Å². The quantitative estimate of drug-likeness (QED) is 0.833. The van der Waals surface area contributed by atoms with Gasteiger partial charge in [-0.15, -0.1) is 0 Å². The first kappa shape index (κ1) is 15.1. The molecule has 0 saturated heterocycles. The molecule has 0 aromatic carbocycles. The second-order valence-corrected chi connectivity index (χ2v) is 7.99. The van der Waals surface area contributed by atoms with E-state index in [-0.39, 0.29) is 0 Å². The molecule has 3 heteroatoms. The van der Waals surface area contributed by atoms with Crippen molar-refractivity contribution in [2.45, 2.75) is 52.4 Å². The normalized spacial score (nSPS) is 31.4. The van der Waals surface area contributed by atoms with E-state index in [2.05, 4.69) is 30.5 Å². The van der Waals surface area contributed by atoms with Gasteiger partial charge in [0.25, 0.3) is 0 Å². The van der Waals surface area contributed by atoms with E-state index in [0.29, 0.717) is 5.41 Å². The van der Waals surface area contributed by atoms with E-state index in [4.69, 9.17) is 0 Å². The average molecular weight is 289 g/mol. The van der Waals surface area contributed by atoms with Crippen molar-refractivity contribution in [2.75, 3.05) is 13.1 Å². The van der Waals surface area contributed by atoms with Crippen LogP contribution in [0.1, 0.15) is 51.5 Å². The van der Waals surface area contributed by atoms with Crippen molar-refractivity contribution in [2.24, 2.45) is 30.2 Å². The molecule has 1 N–H and O–H groups in total. The summed E-state index contributed by atoms with van der Waals surface area (Å²) in [6.45, 7) is 6.99. The van der Waals surface area contributed by atoms with E-state index in [1.807, 2.05) is 17.9 Å². The summed E-state index contributed by atoms with van der Waals surface area (Å²) >= 11 is 0. The van der Waals surface area contributed by atoms with Crippen LogP contribution in [0.4, 0.5) is 0 Å². The van der Waals surface area contributed by atoms with E-state index >= 15 is 0 Å². The van der Waals surface area contributed by atoms with E-state index < -0.39 is 0 Å². The molecule has 3 unspecified atom stereocenters. The Bertz CT molecular complexity index is 465. The van der Waals surface area contributed by atoms with Crippen molar-refractivity contribution in [3.8, 4) is 0 Å². The SMILES string of the molecule is CC(C)CNCC1(CCc2cnn(C)c2)CC2CCC1C2. The van der Waals surface area contributed by atoms with Crippen LogP contribution in [0.2, 0.25) is 0 Å². The van der Waals surface area contributed by atoms with Crippen LogP contribution < -0.4 is 5.32 Å². The molecule has 2 bridgehead atoms. The summed E-state index contributed by atoms with van der Waals surface area (Å²) in [5.74, 6) is 2.74. The highest BCUT2D eigenvalue weighted by atomic mass is 15.2. The third kappa shape index (κ3) is 3.33. The van der Waals surface area contributed by atoms with E-state index in [9.17, 15) is 0 Å². The standard InChI is InChI=1S/C18H31N3/c1-14(2)10-19-13-18(9-15-4-5-17(18)8-15)7-6-16-11-20-21(3)12-16/h11-12,14-15,17,19H,4-10,13H2,1-3H3. The second kappa shape index (κ2) is 6.12. The fraction of sp³-hybridized carbons (Fsp3) is 0.833. The summed E-state index contributed by atoms with van der Waals surface area (Å²) < 4.78 is 1.93. The van der Waals surface area contributed by atoms with Crippen LogP contribution in [0.15, 0.2) is 12.4 Å². The Hall–Kier alpha value is -0.830. The van der Waals surface area contributed by atoms with Gasteiger partial charge in [0.2, 0.25) is 0 Å². The first-order valence-corrected chi connectivity index (χ1v) is 8.76. The molecule has 1 heterocycles. The van der Waals surface area contributed by atoms with Gasteiger partial charge < -0.3 is 5.32 Å². The van der Waals surface area contributed by atoms with Gasteiger partial charge in [-0.25, -0.2) is 0 Å². The molecule has 118 valence electrons. The molecule has 1 aromatic heterocycles. The number of aryl methyl sites for hydroxylation is 2. The third-order valence-electron chi connectivity index (χ3n) is 5.80. The Labute approximate surface area is 129 Å². The largest absolute Gasteiger partial charge is 0.316 e. The Morgan fingerprint density at radius 1 is 1.43 bits per heavy atom. The van der Waals surface area contributed by atoms with Crippen LogP contribution in [0.3, 0.4) is 0 Å². The van der Waals surface area contributed by atoms with Crippen molar-refractivity contribution < 1.29 is 0 Å². The molecule has 21 heavy (non-hydrogen) atoms. The molecule has 2 saturated carbocycles. The highest BCUT2D eigenvalue weighted by molar-refractivity contribution is 5.08. The minimum atomic E-state index is 0.563. The fourth-order valence-electron chi connectivity index (χ4n) is 4.77. The Balaban J connectivity index is 1.62. The van der Waals surface area contributed by atoms with Crippen molar-refractivity contribution in [1.82, 2.24) is 15.1 Å². The average Bonchev–Trinajstić information content (AvgIpc) is 3.12. The summed E-state index contributed by atoms with van der Waals surface area (Å²) in [6, 6.07) is 0. The number of rotatable bonds is 7. The Kier molecular flexibility index (Phi) is 4.39. The number of aromatic nitrogens is 2. The van der Waals surface area contributed by atoms with Crippen LogP contribution in [-0.4, -0.2) is 22.9 Å². The molecule has 2 fully saturated rings. The zero-order chi connectivity index (χ0) is 14.9. The number of hydrogen-bond donors (Lipinski definition) is 1. The molecule has 3 nitrogen and oxygen atoms in total. The number of fused-ring (bicyclic) bond motifs is 2. The maximum Gasteiger partial charge on any atom is 0.0521 e. The van der Waals surface area contributed by atoms with Crippen LogP contribution in [0, 0.1) is 23.2 Å². The van der Waals surface area contributed by atoms with E-state index in [1.165, 1.54) is 50.6 Å². The summed E-state index contributed by atoms with van der Waals surface area (Å²) in [7, 11) is 2.01. The highest BCUT2D eigenvalue weighted by Gasteiger charge is 2.49. The lowest BCUT2D eigenvalue weighted by Gasteiger charge is -2.38. The molecular formula is C18H31N3. The van der Waals surface area contributed by atoms with E-state index in [1.54, 1.807) is 0 Å². The maximum absolute atomic E-state index is 4.32. The first-order chi connectivity index (χ1) is 10.1. The minimum absolute atomic E-state index is 0.563. The summed E-state index contributed by atoms with van der Waals surface area (Å²) in [5, 5.41) is 8.09. The van der Waals surface area contributed by atoms with Gasteiger partial charge in [0.15, 0.2) is 0 Å². The molecule has 3 atom stereocenters. The maximum atomic E-state index is 4.32. The lowest BCUT2D eigenvalue weighted by atomic mass is 9.69. The molecule has 0 spiro atoms. The third-order valence-corrected chi connectivity index (χ3v) is 5.80. The van der Waals surface area contributed by atoms with Gasteiger partial charge in [0.1, 0.15) is 0 Å². The molecular weight excluding hydrogens is 258 g/mol. The van der Waals surface area contributed by atoms with Crippen molar-refractivity contribution in [1.29, 1.82) is 0 Å². The van der Waals surface area contributed by atoms with Gasteiger partial charge in [-0.1, -0.05) is 20.3 Å². The molecule has 2 aliphatic carbocycles. The predicted molar refractivity (Wildman–Crippen MR) is 87.1 cm³/mol. The number of nitrogens with one attached hydrogen (secondary N) is 1. The molecule has 1 aromatic rings. The summed E-state index contributed by atoms with van der Waals surface area (Å²) in [5.41, 5.74) is 1.97. The second-order valence-electron chi connectivity index (χ2n) is 7.99. The van der Waals surface area contributed by atoms with Gasteiger partial charge in [-0.2, -0.15) is 5.10 Å². The van der Waals surface area contributed by atoms with E-state index in [0.717, 1.165) is 24.3 Å². The molecule has 0 radical (unpaired) electrons. The minimum Gasteiger partial charge on any atom is -0.316 e. The molecule has 2 aliphatic rings. The smallest absolute Gasteiger partial charge is 0.0521 e. The van der Waals surface area contributed by atoms with Gasteiger partial charge in [-0.3, -0.25) is 4.68 Å². The van der Waals surface area contributed by atoms with Crippen LogP contribution >= 0.6 is 0 Å². The summed E-state index contributed by atoms with van der Waals surface area (Å²) in [4.78, 5) is 0. The van der Waals surface area contributed by atoms with Crippen LogP contribution in [0.25, 0.3) is 0 Å². The zero-order valence-electron chi connectivity index (χ0n) is 13.9. The van der Waals surface area contributed by atoms with Crippen LogP contribution in [0.5, 0.6) is 0 Å². The van der Waals surface area contributed by atoms with Crippen LogP contribution in [-0.2, 0) is 13.5 Å². The Morgan fingerprint density at radius 2 is 2.29 bits per heavy atom. The van der Waals surface area contributed by atoms with Gasteiger partial charge >= 0.3 is 0 Å². The molecule has 0 amide bonds.